The van der Waals surface area contributed by atoms with Gasteiger partial charge in [-0.1, -0.05) is 30.3 Å². The van der Waals surface area contributed by atoms with Gasteiger partial charge in [-0.3, -0.25) is 0 Å². The summed E-state index contributed by atoms with van der Waals surface area (Å²) >= 11 is 0. The summed E-state index contributed by atoms with van der Waals surface area (Å²) in [5.74, 6) is 1.78. The van der Waals surface area contributed by atoms with Crippen molar-refractivity contribution in [2.24, 2.45) is 0 Å². The van der Waals surface area contributed by atoms with Crippen LogP contribution in [0.3, 0.4) is 0 Å². The molecule has 0 atom stereocenters. The van der Waals surface area contributed by atoms with Gasteiger partial charge in [0.1, 0.15) is 6.61 Å². The second-order valence-electron chi connectivity index (χ2n) is 4.22. The van der Waals surface area contributed by atoms with Crippen molar-refractivity contribution >= 4 is 0 Å². The van der Waals surface area contributed by atoms with E-state index in [1.54, 1.807) is 12.1 Å². The van der Waals surface area contributed by atoms with Crippen molar-refractivity contribution in [3.63, 3.8) is 0 Å². The molecule has 1 heterocycles. The molecule has 98 valence electrons. The summed E-state index contributed by atoms with van der Waals surface area (Å²) in [4.78, 5) is 0. The van der Waals surface area contributed by atoms with Gasteiger partial charge in [0.05, 0.1) is 6.61 Å². The van der Waals surface area contributed by atoms with Crippen LogP contribution in [0.15, 0.2) is 42.5 Å². The van der Waals surface area contributed by atoms with Crippen molar-refractivity contribution in [3.05, 3.63) is 53.6 Å². The molecule has 2 aromatic carbocycles. The maximum atomic E-state index is 9.37. The van der Waals surface area contributed by atoms with Gasteiger partial charge in [0.2, 0.25) is 12.5 Å². The van der Waals surface area contributed by atoms with Gasteiger partial charge < -0.3 is 19.3 Å². The minimum Gasteiger partial charge on any atom is -0.484 e. The predicted molar refractivity (Wildman–Crippen MR) is 69.3 cm³/mol. The topological polar surface area (TPSA) is 47.9 Å². The highest BCUT2D eigenvalue weighted by atomic mass is 16.7. The third kappa shape index (κ3) is 2.35. The van der Waals surface area contributed by atoms with Crippen LogP contribution in [0.25, 0.3) is 0 Å². The molecule has 1 N–H and O–H groups in total. The summed E-state index contributed by atoms with van der Waals surface area (Å²) in [7, 11) is 0. The molecule has 0 amide bonds. The van der Waals surface area contributed by atoms with Gasteiger partial charge in [0.25, 0.3) is 0 Å². The zero-order chi connectivity index (χ0) is 13.1. The molecule has 4 heteroatoms. The van der Waals surface area contributed by atoms with E-state index in [0.29, 0.717) is 29.4 Å². The van der Waals surface area contributed by atoms with Gasteiger partial charge in [-0.15, -0.1) is 0 Å². The summed E-state index contributed by atoms with van der Waals surface area (Å²) in [6.45, 7) is 0.514. The van der Waals surface area contributed by atoms with Crippen LogP contribution in [0, 0.1) is 0 Å². The number of aliphatic hydroxyl groups excluding tert-OH is 1. The highest BCUT2D eigenvalue weighted by Gasteiger charge is 2.22. The number of hydrogen-bond acceptors (Lipinski definition) is 4. The number of fused-ring (bicyclic) bond motifs is 1. The highest BCUT2D eigenvalue weighted by Crippen LogP contribution is 2.43. The maximum Gasteiger partial charge on any atom is 0.231 e. The van der Waals surface area contributed by atoms with Crippen LogP contribution in [-0.2, 0) is 13.2 Å². The lowest BCUT2D eigenvalue weighted by molar-refractivity contribution is 0.168. The normalized spacial score (nSPS) is 12.5. The van der Waals surface area contributed by atoms with Crippen molar-refractivity contribution < 1.29 is 19.3 Å². The van der Waals surface area contributed by atoms with Crippen LogP contribution in [0.5, 0.6) is 17.2 Å². The largest absolute Gasteiger partial charge is 0.484 e. The molecule has 0 spiro atoms. The number of rotatable bonds is 4. The Labute approximate surface area is 111 Å². The first-order valence-electron chi connectivity index (χ1n) is 6.07. The Hall–Kier alpha value is -2.20. The van der Waals surface area contributed by atoms with Gasteiger partial charge in [-0.05, 0) is 17.7 Å². The second-order valence-corrected chi connectivity index (χ2v) is 4.22. The summed E-state index contributed by atoms with van der Waals surface area (Å²) in [6, 6.07) is 13.4. The van der Waals surface area contributed by atoms with Gasteiger partial charge in [-0.25, -0.2) is 0 Å². The molecule has 1 aliphatic heterocycles. The Kier molecular flexibility index (Phi) is 3.25. The minimum absolute atomic E-state index is 0.0965. The Balaban J connectivity index is 1.85. The molecular formula is C15H14O4. The van der Waals surface area contributed by atoms with E-state index < -0.39 is 0 Å². The Morgan fingerprint density at radius 2 is 1.89 bits per heavy atom. The number of hydrogen-bond donors (Lipinski definition) is 1. The van der Waals surface area contributed by atoms with E-state index in [1.165, 1.54) is 0 Å². The van der Waals surface area contributed by atoms with Crippen LogP contribution < -0.4 is 14.2 Å². The zero-order valence-electron chi connectivity index (χ0n) is 10.3. The SMILES string of the molecule is OCc1ccc2c(c1OCc1ccccc1)OCO2. The summed E-state index contributed by atoms with van der Waals surface area (Å²) in [5.41, 5.74) is 1.75. The third-order valence-electron chi connectivity index (χ3n) is 2.97. The van der Waals surface area contributed by atoms with Crippen molar-refractivity contribution in [1.82, 2.24) is 0 Å². The second kappa shape index (κ2) is 5.20. The fraction of sp³-hybridized carbons (Fsp3) is 0.200. The average molecular weight is 258 g/mol. The fourth-order valence-electron chi connectivity index (χ4n) is 2.00. The molecule has 1 aliphatic rings. The first kappa shape index (κ1) is 11.9. The van der Waals surface area contributed by atoms with Gasteiger partial charge >= 0.3 is 0 Å². The molecule has 0 saturated heterocycles. The third-order valence-corrected chi connectivity index (χ3v) is 2.97. The molecule has 19 heavy (non-hydrogen) atoms. The lowest BCUT2D eigenvalue weighted by Gasteiger charge is -2.12. The first-order valence-corrected chi connectivity index (χ1v) is 6.07. The molecule has 4 nitrogen and oxygen atoms in total. The van der Waals surface area contributed by atoms with Crippen LogP contribution in [-0.4, -0.2) is 11.9 Å². The van der Waals surface area contributed by atoms with Crippen molar-refractivity contribution in [3.8, 4) is 17.2 Å². The van der Waals surface area contributed by atoms with E-state index >= 15 is 0 Å². The number of benzene rings is 2. The predicted octanol–water partition coefficient (Wildman–Crippen LogP) is 2.49. The molecule has 2 aromatic rings. The van der Waals surface area contributed by atoms with Gasteiger partial charge in [0, 0.05) is 5.56 Å². The average Bonchev–Trinajstić information content (AvgIpc) is 2.94. The maximum absolute atomic E-state index is 9.37. The van der Waals surface area contributed by atoms with E-state index in [0.717, 1.165) is 5.56 Å². The summed E-state index contributed by atoms with van der Waals surface area (Å²) < 4.78 is 16.5. The smallest absolute Gasteiger partial charge is 0.231 e. The summed E-state index contributed by atoms with van der Waals surface area (Å²) in [5, 5.41) is 9.37. The van der Waals surface area contributed by atoms with E-state index in [-0.39, 0.29) is 13.4 Å². The highest BCUT2D eigenvalue weighted by molar-refractivity contribution is 5.56. The quantitative estimate of drug-likeness (QED) is 0.915. The molecule has 0 saturated carbocycles. The van der Waals surface area contributed by atoms with Crippen LogP contribution in [0.4, 0.5) is 0 Å². The van der Waals surface area contributed by atoms with E-state index in [1.807, 2.05) is 30.3 Å². The monoisotopic (exact) mass is 258 g/mol. The Morgan fingerprint density at radius 1 is 1.05 bits per heavy atom. The Bertz CT molecular complexity index is 566. The number of aliphatic hydroxyl groups is 1. The molecule has 0 bridgehead atoms. The molecule has 0 aromatic heterocycles. The molecule has 0 fully saturated rings. The van der Waals surface area contributed by atoms with Crippen LogP contribution >= 0.6 is 0 Å². The minimum atomic E-state index is -0.0965. The van der Waals surface area contributed by atoms with Crippen molar-refractivity contribution in [2.75, 3.05) is 6.79 Å². The molecule has 0 aliphatic carbocycles. The van der Waals surface area contributed by atoms with Crippen molar-refractivity contribution in [1.29, 1.82) is 0 Å². The molecular weight excluding hydrogens is 244 g/mol. The van der Waals surface area contributed by atoms with E-state index in [9.17, 15) is 5.11 Å². The van der Waals surface area contributed by atoms with Gasteiger partial charge in [0.15, 0.2) is 11.5 Å². The zero-order valence-corrected chi connectivity index (χ0v) is 10.3. The fourth-order valence-corrected chi connectivity index (χ4v) is 2.00. The standard InChI is InChI=1S/C15H14O4/c16-8-12-6-7-13-15(19-10-18-13)14(12)17-9-11-4-2-1-3-5-11/h1-7,16H,8-10H2. The lowest BCUT2D eigenvalue weighted by atomic mass is 10.2. The van der Waals surface area contributed by atoms with Gasteiger partial charge in [-0.2, -0.15) is 0 Å². The van der Waals surface area contributed by atoms with Crippen molar-refractivity contribution in [2.45, 2.75) is 13.2 Å². The number of ether oxygens (including phenoxy) is 3. The van der Waals surface area contributed by atoms with Crippen LogP contribution in [0.1, 0.15) is 11.1 Å². The molecule has 0 radical (unpaired) electrons. The van der Waals surface area contributed by atoms with E-state index in [2.05, 4.69) is 0 Å². The molecule has 3 rings (SSSR count). The van der Waals surface area contributed by atoms with E-state index in [4.69, 9.17) is 14.2 Å². The van der Waals surface area contributed by atoms with Crippen LogP contribution in [0.2, 0.25) is 0 Å². The lowest BCUT2D eigenvalue weighted by Crippen LogP contribution is -2.00. The Morgan fingerprint density at radius 3 is 2.68 bits per heavy atom. The molecule has 0 unspecified atom stereocenters. The summed E-state index contributed by atoms with van der Waals surface area (Å²) in [6.07, 6.45) is 0. The first-order chi connectivity index (χ1) is 9.38.